The Labute approximate surface area is 162 Å². The van der Waals surface area contributed by atoms with Crippen LogP contribution in [-0.4, -0.2) is 49.1 Å². The number of carbonyl (C=O) groups is 2. The summed E-state index contributed by atoms with van der Waals surface area (Å²) in [5.74, 6) is -0.738. The highest BCUT2D eigenvalue weighted by atomic mass is 35.5. The zero-order valence-electron chi connectivity index (χ0n) is 15.6. The molecule has 0 saturated carbocycles. The molecular formula is C19H22ClNO6. The van der Waals surface area contributed by atoms with Gasteiger partial charge in [-0.15, -0.1) is 0 Å². The molecule has 1 spiro atoms. The molecule has 0 amide bonds. The highest BCUT2D eigenvalue weighted by molar-refractivity contribution is 6.36. The molecule has 2 N–H and O–H groups in total. The lowest BCUT2D eigenvalue weighted by atomic mass is 9.74. The Hall–Kier alpha value is -2.25. The Balaban J connectivity index is 2.04. The number of benzene rings is 1. The summed E-state index contributed by atoms with van der Waals surface area (Å²) in [5, 5.41) is 12.6. The van der Waals surface area contributed by atoms with Crippen LogP contribution < -0.4 is 19.5 Å². The SMILES string of the molecule is COc1cc(OC)c2c(c1Cl)OC1(C(=O)C=C(NCC(C)O)CC1C)C2=O. The molecular weight excluding hydrogens is 374 g/mol. The van der Waals surface area contributed by atoms with Crippen LogP contribution >= 0.6 is 11.6 Å². The van der Waals surface area contributed by atoms with E-state index in [9.17, 15) is 14.7 Å². The van der Waals surface area contributed by atoms with Crippen molar-refractivity contribution in [1.29, 1.82) is 0 Å². The molecule has 1 aliphatic heterocycles. The number of methoxy groups -OCH3 is 2. The molecule has 0 aromatic heterocycles. The summed E-state index contributed by atoms with van der Waals surface area (Å²) in [4.78, 5) is 26.3. The second kappa shape index (κ2) is 7.05. The van der Waals surface area contributed by atoms with E-state index in [2.05, 4.69) is 5.32 Å². The van der Waals surface area contributed by atoms with Gasteiger partial charge < -0.3 is 24.6 Å². The van der Waals surface area contributed by atoms with Crippen LogP contribution in [0.1, 0.15) is 30.6 Å². The monoisotopic (exact) mass is 395 g/mol. The maximum absolute atomic E-state index is 13.3. The minimum absolute atomic E-state index is 0.104. The molecule has 7 nitrogen and oxygen atoms in total. The lowest BCUT2D eigenvalue weighted by Crippen LogP contribution is -2.55. The van der Waals surface area contributed by atoms with Crippen LogP contribution in [0, 0.1) is 5.92 Å². The maximum atomic E-state index is 13.3. The molecule has 146 valence electrons. The molecule has 0 saturated heterocycles. The van der Waals surface area contributed by atoms with Crippen LogP contribution in [0.3, 0.4) is 0 Å². The van der Waals surface area contributed by atoms with Crippen LogP contribution in [-0.2, 0) is 4.79 Å². The van der Waals surface area contributed by atoms with E-state index in [1.807, 2.05) is 0 Å². The Morgan fingerprint density at radius 3 is 2.59 bits per heavy atom. The van der Waals surface area contributed by atoms with Gasteiger partial charge in [0.15, 0.2) is 5.75 Å². The molecule has 1 aromatic rings. The number of nitrogens with one attached hydrogen (secondary N) is 1. The topological polar surface area (TPSA) is 94.1 Å². The Morgan fingerprint density at radius 2 is 2.04 bits per heavy atom. The van der Waals surface area contributed by atoms with Crippen molar-refractivity contribution in [2.24, 2.45) is 5.92 Å². The van der Waals surface area contributed by atoms with Gasteiger partial charge in [0.2, 0.25) is 17.2 Å². The van der Waals surface area contributed by atoms with Crippen molar-refractivity contribution < 1.29 is 28.9 Å². The van der Waals surface area contributed by atoms with Crippen molar-refractivity contribution >= 4 is 23.2 Å². The number of hydrogen-bond donors (Lipinski definition) is 2. The van der Waals surface area contributed by atoms with Crippen LogP contribution in [0.15, 0.2) is 17.8 Å². The van der Waals surface area contributed by atoms with E-state index >= 15 is 0 Å². The Bertz CT molecular complexity index is 834. The van der Waals surface area contributed by atoms with E-state index in [1.54, 1.807) is 13.8 Å². The first-order valence-corrected chi connectivity index (χ1v) is 8.99. The number of hydrogen-bond acceptors (Lipinski definition) is 7. The molecule has 3 atom stereocenters. The van der Waals surface area contributed by atoms with Crippen LogP contribution in [0.4, 0.5) is 0 Å². The van der Waals surface area contributed by atoms with E-state index in [-0.39, 0.29) is 22.1 Å². The number of ketones is 2. The summed E-state index contributed by atoms with van der Waals surface area (Å²) in [5.41, 5.74) is -0.874. The van der Waals surface area contributed by atoms with E-state index in [0.29, 0.717) is 24.4 Å². The minimum Gasteiger partial charge on any atom is -0.496 e. The van der Waals surface area contributed by atoms with Gasteiger partial charge in [-0.2, -0.15) is 0 Å². The van der Waals surface area contributed by atoms with Crippen molar-refractivity contribution in [1.82, 2.24) is 5.32 Å². The molecule has 1 heterocycles. The van der Waals surface area contributed by atoms with Gasteiger partial charge in [0.05, 0.1) is 20.3 Å². The Morgan fingerprint density at radius 1 is 1.37 bits per heavy atom. The summed E-state index contributed by atoms with van der Waals surface area (Å²) in [7, 11) is 2.86. The number of ether oxygens (including phenoxy) is 3. The van der Waals surface area contributed by atoms with Crippen LogP contribution in [0.25, 0.3) is 0 Å². The summed E-state index contributed by atoms with van der Waals surface area (Å²) in [6.07, 6.45) is 1.22. The third-order valence-corrected chi connectivity index (χ3v) is 5.29. The van der Waals surface area contributed by atoms with Crippen molar-refractivity contribution in [3.63, 3.8) is 0 Å². The van der Waals surface area contributed by atoms with E-state index in [0.717, 1.165) is 0 Å². The Kier molecular flexibility index (Phi) is 5.10. The summed E-state index contributed by atoms with van der Waals surface area (Å²) < 4.78 is 16.5. The fourth-order valence-electron chi connectivity index (χ4n) is 3.53. The standard InChI is InChI=1S/C19H22ClNO6/c1-9-5-11(21-8-10(2)22)6-14(23)19(9)18(24)15-12(25-3)7-13(26-4)16(20)17(15)27-19/h6-7,9-10,21-22H,5,8H2,1-4H3. The molecule has 0 radical (unpaired) electrons. The average Bonchev–Trinajstić information content (AvgIpc) is 2.94. The summed E-state index contributed by atoms with van der Waals surface area (Å²) >= 11 is 6.34. The first kappa shape index (κ1) is 19.5. The number of Topliss-reactive ketones (excluding diaryl/α,β-unsaturated/α-hetero) is 1. The molecule has 0 fully saturated rings. The largest absolute Gasteiger partial charge is 0.496 e. The summed E-state index contributed by atoms with van der Waals surface area (Å²) in [6, 6.07) is 1.50. The molecule has 8 heteroatoms. The third-order valence-electron chi connectivity index (χ3n) is 4.93. The highest BCUT2D eigenvalue weighted by Crippen LogP contribution is 2.52. The van der Waals surface area contributed by atoms with E-state index in [4.69, 9.17) is 25.8 Å². The van der Waals surface area contributed by atoms with Gasteiger partial charge in [0.1, 0.15) is 22.1 Å². The molecule has 2 aliphatic rings. The van der Waals surface area contributed by atoms with Crippen LogP contribution in [0.5, 0.6) is 17.2 Å². The van der Waals surface area contributed by atoms with Gasteiger partial charge in [0.25, 0.3) is 0 Å². The zero-order valence-corrected chi connectivity index (χ0v) is 16.3. The smallest absolute Gasteiger partial charge is 0.236 e. The van der Waals surface area contributed by atoms with Gasteiger partial charge in [-0.05, 0) is 13.3 Å². The maximum Gasteiger partial charge on any atom is 0.236 e. The molecule has 3 unspecified atom stereocenters. The van der Waals surface area contributed by atoms with E-state index < -0.39 is 29.2 Å². The number of allylic oxidation sites excluding steroid dienone is 1. The van der Waals surface area contributed by atoms with Gasteiger partial charge in [-0.3, -0.25) is 9.59 Å². The fourth-order valence-corrected chi connectivity index (χ4v) is 3.80. The quantitative estimate of drug-likeness (QED) is 0.737. The first-order chi connectivity index (χ1) is 12.8. The summed E-state index contributed by atoms with van der Waals surface area (Å²) in [6.45, 7) is 3.73. The second-order valence-corrected chi connectivity index (χ2v) is 7.21. The number of aliphatic hydroxyl groups excluding tert-OH is 1. The number of rotatable bonds is 5. The number of carbonyl (C=O) groups excluding carboxylic acids is 2. The molecule has 27 heavy (non-hydrogen) atoms. The third kappa shape index (κ3) is 2.95. The van der Waals surface area contributed by atoms with Gasteiger partial charge in [0, 0.05) is 30.3 Å². The number of halogens is 1. The lowest BCUT2D eigenvalue weighted by Gasteiger charge is -2.35. The van der Waals surface area contributed by atoms with Gasteiger partial charge in [-0.1, -0.05) is 18.5 Å². The van der Waals surface area contributed by atoms with Gasteiger partial charge in [-0.25, -0.2) is 0 Å². The second-order valence-electron chi connectivity index (χ2n) is 6.83. The van der Waals surface area contributed by atoms with Crippen molar-refractivity contribution in [2.45, 2.75) is 32.0 Å². The van der Waals surface area contributed by atoms with Gasteiger partial charge >= 0.3 is 0 Å². The predicted molar refractivity (Wildman–Crippen MR) is 98.8 cm³/mol. The highest BCUT2D eigenvalue weighted by Gasteiger charge is 2.60. The predicted octanol–water partition coefficient (Wildman–Crippen LogP) is 2.13. The lowest BCUT2D eigenvalue weighted by molar-refractivity contribution is -0.129. The van der Waals surface area contributed by atoms with Crippen molar-refractivity contribution in [3.8, 4) is 17.2 Å². The zero-order chi connectivity index (χ0) is 19.9. The molecule has 1 aromatic carbocycles. The number of aliphatic hydroxyl groups is 1. The first-order valence-electron chi connectivity index (χ1n) is 8.61. The average molecular weight is 396 g/mol. The van der Waals surface area contributed by atoms with E-state index in [1.165, 1.54) is 26.4 Å². The molecule has 3 rings (SSSR count). The normalized spacial score (nSPS) is 25.0. The fraction of sp³-hybridized carbons (Fsp3) is 0.474. The van der Waals surface area contributed by atoms with Crippen molar-refractivity contribution in [2.75, 3.05) is 20.8 Å². The molecule has 0 bridgehead atoms. The minimum atomic E-state index is -1.68. The number of fused-ring (bicyclic) bond motifs is 1. The molecule has 1 aliphatic carbocycles. The van der Waals surface area contributed by atoms with Crippen LogP contribution in [0.2, 0.25) is 5.02 Å². The van der Waals surface area contributed by atoms with Crippen molar-refractivity contribution in [3.05, 3.63) is 28.4 Å².